The first-order valence-corrected chi connectivity index (χ1v) is 4.58. The van der Waals surface area contributed by atoms with Crippen LogP contribution in [0.2, 0.25) is 0 Å². The Hall–Kier alpha value is -0.340. The van der Waals surface area contributed by atoms with Gasteiger partial charge in [0.15, 0.2) is 0 Å². The molecular weight excluding hydrogens is 150 g/mol. The van der Waals surface area contributed by atoms with Gasteiger partial charge < -0.3 is 10.1 Å². The van der Waals surface area contributed by atoms with Crippen LogP contribution in [0.4, 0.5) is 0 Å². The molecule has 0 aromatic heterocycles. The first kappa shape index (κ1) is 11.7. The van der Waals surface area contributed by atoms with Gasteiger partial charge in [-0.25, -0.2) is 0 Å². The molecule has 12 heavy (non-hydrogen) atoms. The summed E-state index contributed by atoms with van der Waals surface area (Å²) in [5, 5.41) is 3.36. The first-order valence-electron chi connectivity index (χ1n) is 4.58. The van der Waals surface area contributed by atoms with Crippen molar-refractivity contribution in [2.45, 2.75) is 39.3 Å². The summed E-state index contributed by atoms with van der Waals surface area (Å²) >= 11 is 0. The minimum absolute atomic E-state index is 0.252. The van der Waals surface area contributed by atoms with Crippen LogP contribution in [0.3, 0.4) is 0 Å². The van der Waals surface area contributed by atoms with Gasteiger partial charge in [0.25, 0.3) is 0 Å². The Morgan fingerprint density at radius 1 is 1.50 bits per heavy atom. The first-order chi connectivity index (χ1) is 5.67. The number of hydrogen-bond acceptors (Lipinski definition) is 2. The van der Waals surface area contributed by atoms with Crippen LogP contribution in [0.1, 0.15) is 27.2 Å². The number of methoxy groups -OCH3 is 1. The molecule has 0 aromatic carbocycles. The minimum atomic E-state index is 0.252. The van der Waals surface area contributed by atoms with Crippen LogP contribution in [0.15, 0.2) is 12.2 Å². The highest BCUT2D eigenvalue weighted by molar-refractivity contribution is 5.04. The lowest BCUT2D eigenvalue weighted by atomic mass is 10.0. The molecule has 0 saturated carbocycles. The second-order valence-electron chi connectivity index (χ2n) is 3.06. The number of hydrogen-bond donors (Lipinski definition) is 1. The predicted molar refractivity (Wildman–Crippen MR) is 53.4 cm³/mol. The average Bonchev–Trinajstić information content (AvgIpc) is 2.05. The maximum absolute atomic E-state index is 5.35. The summed E-state index contributed by atoms with van der Waals surface area (Å²) in [5.74, 6) is 0. The zero-order chi connectivity index (χ0) is 9.56. The zero-order valence-corrected chi connectivity index (χ0v) is 8.68. The molecule has 0 fully saturated rings. The van der Waals surface area contributed by atoms with E-state index in [2.05, 4.69) is 25.7 Å². The van der Waals surface area contributed by atoms with E-state index in [9.17, 15) is 0 Å². The maximum Gasteiger partial charge on any atom is 0.0759 e. The van der Waals surface area contributed by atoms with Gasteiger partial charge in [0.2, 0.25) is 0 Å². The zero-order valence-electron chi connectivity index (χ0n) is 8.68. The van der Waals surface area contributed by atoms with Crippen LogP contribution in [-0.2, 0) is 4.74 Å². The van der Waals surface area contributed by atoms with Crippen molar-refractivity contribution in [2.75, 3.05) is 13.7 Å². The van der Waals surface area contributed by atoms with Crippen LogP contribution < -0.4 is 5.32 Å². The quantitative estimate of drug-likeness (QED) is 0.617. The summed E-state index contributed by atoms with van der Waals surface area (Å²) in [5.41, 5.74) is 1.14. The number of likely N-dealkylation sites (N-methyl/N-ethyl adjacent to an activating group) is 1. The van der Waals surface area contributed by atoms with E-state index in [1.807, 2.05) is 6.92 Å². The molecule has 0 aliphatic heterocycles. The molecule has 2 nitrogen and oxygen atoms in total. The summed E-state index contributed by atoms with van der Waals surface area (Å²) in [7, 11) is 1.75. The Balaban J connectivity index is 4.15. The highest BCUT2D eigenvalue weighted by Gasteiger charge is 2.18. The van der Waals surface area contributed by atoms with E-state index < -0.39 is 0 Å². The molecule has 0 rings (SSSR count). The molecule has 0 aliphatic carbocycles. The SMILES string of the molecule is C=C(C)C(NCC)C(CC)OC. The van der Waals surface area contributed by atoms with E-state index in [0.29, 0.717) is 6.04 Å². The monoisotopic (exact) mass is 171 g/mol. The lowest BCUT2D eigenvalue weighted by Crippen LogP contribution is -2.41. The van der Waals surface area contributed by atoms with Gasteiger partial charge >= 0.3 is 0 Å². The van der Waals surface area contributed by atoms with Crippen molar-refractivity contribution in [3.63, 3.8) is 0 Å². The number of nitrogens with one attached hydrogen (secondary N) is 1. The number of ether oxygens (including phenoxy) is 1. The molecule has 0 spiro atoms. The summed E-state index contributed by atoms with van der Waals surface area (Å²) in [6.07, 6.45) is 1.27. The Morgan fingerprint density at radius 2 is 2.08 bits per heavy atom. The van der Waals surface area contributed by atoms with E-state index in [4.69, 9.17) is 4.74 Å². The summed E-state index contributed by atoms with van der Waals surface area (Å²) in [6, 6.07) is 0.296. The maximum atomic E-state index is 5.35. The van der Waals surface area contributed by atoms with Crippen molar-refractivity contribution in [3.8, 4) is 0 Å². The van der Waals surface area contributed by atoms with E-state index in [0.717, 1.165) is 18.5 Å². The summed E-state index contributed by atoms with van der Waals surface area (Å²) < 4.78 is 5.35. The molecule has 0 bridgehead atoms. The minimum Gasteiger partial charge on any atom is -0.380 e. The molecule has 0 amide bonds. The topological polar surface area (TPSA) is 21.3 Å². The molecule has 2 unspecified atom stereocenters. The van der Waals surface area contributed by atoms with Crippen LogP contribution >= 0.6 is 0 Å². The molecular formula is C10H21NO. The Morgan fingerprint density at radius 3 is 2.33 bits per heavy atom. The molecule has 0 radical (unpaired) electrons. The van der Waals surface area contributed by atoms with Crippen molar-refractivity contribution >= 4 is 0 Å². The molecule has 0 saturated heterocycles. The molecule has 0 heterocycles. The van der Waals surface area contributed by atoms with Crippen molar-refractivity contribution in [1.29, 1.82) is 0 Å². The Kier molecular flexibility index (Phi) is 6.03. The van der Waals surface area contributed by atoms with Gasteiger partial charge in [-0.05, 0) is 19.9 Å². The molecule has 1 N–H and O–H groups in total. The summed E-state index contributed by atoms with van der Waals surface area (Å²) in [4.78, 5) is 0. The molecule has 0 aliphatic rings. The Bertz CT molecular complexity index is 130. The van der Waals surface area contributed by atoms with Crippen LogP contribution in [0.25, 0.3) is 0 Å². The third kappa shape index (κ3) is 3.37. The molecule has 2 atom stereocenters. The fourth-order valence-electron chi connectivity index (χ4n) is 1.38. The standard InChI is InChI=1S/C10H21NO/c1-6-9(12-5)10(8(3)4)11-7-2/h9-11H,3,6-7H2,1-2,4-5H3. The van der Waals surface area contributed by atoms with Gasteiger partial charge in [0.1, 0.15) is 0 Å². The van der Waals surface area contributed by atoms with Gasteiger partial charge in [-0.1, -0.05) is 26.0 Å². The fraction of sp³-hybridized carbons (Fsp3) is 0.800. The van der Waals surface area contributed by atoms with Gasteiger partial charge in [-0.3, -0.25) is 0 Å². The van der Waals surface area contributed by atoms with E-state index in [1.165, 1.54) is 0 Å². The van der Waals surface area contributed by atoms with Crippen molar-refractivity contribution < 1.29 is 4.74 Å². The predicted octanol–water partition coefficient (Wildman–Crippen LogP) is 1.97. The smallest absolute Gasteiger partial charge is 0.0759 e. The summed E-state index contributed by atoms with van der Waals surface area (Å²) in [6.45, 7) is 11.2. The largest absolute Gasteiger partial charge is 0.380 e. The third-order valence-electron chi connectivity index (χ3n) is 2.03. The van der Waals surface area contributed by atoms with Crippen LogP contribution in [0.5, 0.6) is 0 Å². The highest BCUT2D eigenvalue weighted by Crippen LogP contribution is 2.10. The van der Waals surface area contributed by atoms with Gasteiger partial charge in [0, 0.05) is 7.11 Å². The van der Waals surface area contributed by atoms with E-state index in [-0.39, 0.29) is 6.10 Å². The van der Waals surface area contributed by atoms with E-state index >= 15 is 0 Å². The molecule has 0 aromatic rings. The van der Waals surface area contributed by atoms with Gasteiger partial charge in [-0.2, -0.15) is 0 Å². The lowest BCUT2D eigenvalue weighted by Gasteiger charge is -2.26. The Labute approximate surface area is 76.0 Å². The van der Waals surface area contributed by atoms with E-state index in [1.54, 1.807) is 7.11 Å². The van der Waals surface area contributed by atoms with Gasteiger partial charge in [0.05, 0.1) is 12.1 Å². The van der Waals surface area contributed by atoms with Crippen LogP contribution in [0, 0.1) is 0 Å². The lowest BCUT2D eigenvalue weighted by molar-refractivity contribution is 0.0764. The highest BCUT2D eigenvalue weighted by atomic mass is 16.5. The van der Waals surface area contributed by atoms with Crippen molar-refractivity contribution in [3.05, 3.63) is 12.2 Å². The second-order valence-corrected chi connectivity index (χ2v) is 3.06. The molecule has 72 valence electrons. The normalized spacial score (nSPS) is 15.7. The second kappa shape index (κ2) is 6.21. The van der Waals surface area contributed by atoms with Crippen molar-refractivity contribution in [1.82, 2.24) is 5.32 Å². The molecule has 2 heteroatoms. The average molecular weight is 171 g/mol. The third-order valence-corrected chi connectivity index (χ3v) is 2.03. The number of rotatable bonds is 6. The van der Waals surface area contributed by atoms with Crippen molar-refractivity contribution in [2.24, 2.45) is 0 Å². The van der Waals surface area contributed by atoms with Gasteiger partial charge in [-0.15, -0.1) is 0 Å². The fourth-order valence-corrected chi connectivity index (χ4v) is 1.38. The van der Waals surface area contributed by atoms with Crippen LogP contribution in [-0.4, -0.2) is 25.8 Å².